The number of aromatic amines is 1. The summed E-state index contributed by atoms with van der Waals surface area (Å²) < 4.78 is 0. The van der Waals surface area contributed by atoms with Crippen molar-refractivity contribution in [3.8, 4) is 0 Å². The predicted octanol–water partition coefficient (Wildman–Crippen LogP) is 0.778. The molecule has 0 aromatic carbocycles. The van der Waals surface area contributed by atoms with Crippen molar-refractivity contribution in [2.24, 2.45) is 0 Å². The van der Waals surface area contributed by atoms with E-state index in [1.807, 2.05) is 39.5 Å². The minimum absolute atomic E-state index is 0.0175. The van der Waals surface area contributed by atoms with Gasteiger partial charge in [-0.1, -0.05) is 5.21 Å². The molecule has 1 amide bonds. The molecule has 16 heavy (non-hydrogen) atoms. The molecule has 90 valence electrons. The van der Waals surface area contributed by atoms with Gasteiger partial charge >= 0.3 is 0 Å². The van der Waals surface area contributed by atoms with Crippen LogP contribution in [0.2, 0.25) is 0 Å². The van der Waals surface area contributed by atoms with Crippen molar-refractivity contribution < 1.29 is 4.79 Å². The Bertz CT molecular complexity index is 339. The molecule has 0 atom stereocenters. The summed E-state index contributed by atoms with van der Waals surface area (Å²) in [5, 5.41) is 13.3. The number of amides is 1. The number of hydrogen-bond donors (Lipinski definition) is 1. The Morgan fingerprint density at radius 1 is 1.44 bits per heavy atom. The molecule has 0 aliphatic rings. The molecule has 0 spiro atoms. The van der Waals surface area contributed by atoms with E-state index in [-0.39, 0.29) is 23.9 Å². The van der Waals surface area contributed by atoms with Crippen molar-refractivity contribution in [1.29, 1.82) is 0 Å². The Labute approximate surface area is 95.4 Å². The van der Waals surface area contributed by atoms with Crippen LogP contribution in [0.25, 0.3) is 0 Å². The van der Waals surface area contributed by atoms with E-state index >= 15 is 0 Å². The van der Waals surface area contributed by atoms with Crippen LogP contribution in [0.15, 0.2) is 0 Å². The quantitative estimate of drug-likeness (QED) is 0.824. The molecule has 1 aromatic heterocycles. The van der Waals surface area contributed by atoms with E-state index in [4.69, 9.17) is 0 Å². The van der Waals surface area contributed by atoms with E-state index in [2.05, 4.69) is 20.6 Å². The van der Waals surface area contributed by atoms with Crippen LogP contribution in [0.4, 0.5) is 0 Å². The molecule has 6 nitrogen and oxygen atoms in total. The minimum Gasteiger partial charge on any atom is -0.335 e. The molecule has 0 saturated carbocycles. The lowest BCUT2D eigenvalue weighted by atomic mass is 10.0. The van der Waals surface area contributed by atoms with Gasteiger partial charge in [-0.2, -0.15) is 5.21 Å². The average Bonchev–Trinajstić information content (AvgIpc) is 2.52. The average molecular weight is 225 g/mol. The maximum atomic E-state index is 12.1. The molecule has 1 N–H and O–H groups in total. The van der Waals surface area contributed by atoms with E-state index in [1.54, 1.807) is 0 Å². The van der Waals surface area contributed by atoms with Gasteiger partial charge < -0.3 is 4.90 Å². The lowest BCUT2D eigenvalue weighted by molar-refractivity contribution is -0.137. The van der Waals surface area contributed by atoms with Gasteiger partial charge in [-0.05, 0) is 34.6 Å². The Morgan fingerprint density at radius 3 is 2.44 bits per heavy atom. The number of H-pyrrole nitrogens is 1. The molecule has 1 rings (SSSR count). The van der Waals surface area contributed by atoms with E-state index in [0.717, 1.165) is 0 Å². The predicted molar refractivity (Wildman–Crippen MR) is 59.6 cm³/mol. The Hall–Kier alpha value is -1.46. The fraction of sp³-hybridized carbons (Fsp3) is 0.800. The number of nitrogens with zero attached hydrogens (tertiary/aromatic N) is 4. The third kappa shape index (κ3) is 3.01. The second-order valence-corrected chi connectivity index (χ2v) is 5.03. The molecule has 0 aliphatic carbocycles. The Morgan fingerprint density at radius 2 is 2.06 bits per heavy atom. The topological polar surface area (TPSA) is 74.8 Å². The van der Waals surface area contributed by atoms with Crippen LogP contribution in [0.5, 0.6) is 0 Å². The normalized spacial score (nSPS) is 11.9. The zero-order valence-electron chi connectivity index (χ0n) is 10.5. The molecule has 0 fully saturated rings. The van der Waals surface area contributed by atoms with Crippen molar-refractivity contribution in [3.63, 3.8) is 0 Å². The van der Waals surface area contributed by atoms with Gasteiger partial charge in [0, 0.05) is 11.6 Å². The van der Waals surface area contributed by atoms with Gasteiger partial charge in [-0.25, -0.2) is 0 Å². The van der Waals surface area contributed by atoms with Gasteiger partial charge in [0.15, 0.2) is 5.82 Å². The highest BCUT2D eigenvalue weighted by Crippen LogP contribution is 2.17. The highest BCUT2D eigenvalue weighted by molar-refractivity contribution is 5.78. The monoisotopic (exact) mass is 225 g/mol. The van der Waals surface area contributed by atoms with Gasteiger partial charge in [0.25, 0.3) is 0 Å². The standard InChI is InChI=1S/C10H19N5O/c1-7(2)15(10(3,4)5)9(16)6-8-11-13-14-12-8/h7H,6H2,1-5H3,(H,11,12,13,14). The van der Waals surface area contributed by atoms with E-state index < -0.39 is 0 Å². The van der Waals surface area contributed by atoms with Crippen LogP contribution in [-0.4, -0.2) is 43.0 Å². The fourth-order valence-electron chi connectivity index (χ4n) is 1.91. The summed E-state index contributed by atoms with van der Waals surface area (Å²) in [6.07, 6.45) is 0.186. The lowest BCUT2D eigenvalue weighted by Gasteiger charge is -2.39. The molecular formula is C10H19N5O. The summed E-state index contributed by atoms with van der Waals surface area (Å²) >= 11 is 0. The number of hydrogen-bond acceptors (Lipinski definition) is 4. The first-order chi connectivity index (χ1) is 7.32. The molecule has 0 unspecified atom stereocenters. The summed E-state index contributed by atoms with van der Waals surface area (Å²) in [5.41, 5.74) is -0.199. The second kappa shape index (κ2) is 4.59. The summed E-state index contributed by atoms with van der Waals surface area (Å²) in [6.45, 7) is 10.0. The highest BCUT2D eigenvalue weighted by Gasteiger charge is 2.29. The summed E-state index contributed by atoms with van der Waals surface area (Å²) in [4.78, 5) is 13.9. The summed E-state index contributed by atoms with van der Waals surface area (Å²) in [6, 6.07) is 0.152. The maximum Gasteiger partial charge on any atom is 0.231 e. The van der Waals surface area contributed by atoms with Crippen molar-refractivity contribution in [1.82, 2.24) is 25.5 Å². The summed E-state index contributed by atoms with van der Waals surface area (Å²) in [7, 11) is 0. The molecule has 1 aromatic rings. The Balaban J connectivity index is 2.77. The first-order valence-corrected chi connectivity index (χ1v) is 5.37. The number of carbonyl (C=O) groups is 1. The minimum atomic E-state index is -0.199. The van der Waals surface area contributed by atoms with Crippen molar-refractivity contribution in [2.75, 3.05) is 0 Å². The van der Waals surface area contributed by atoms with Crippen LogP contribution in [0, 0.1) is 0 Å². The zero-order valence-corrected chi connectivity index (χ0v) is 10.5. The van der Waals surface area contributed by atoms with Gasteiger partial charge in [0.1, 0.15) is 0 Å². The van der Waals surface area contributed by atoms with Gasteiger partial charge in [0.2, 0.25) is 5.91 Å². The van der Waals surface area contributed by atoms with Crippen molar-refractivity contribution in [2.45, 2.75) is 52.6 Å². The maximum absolute atomic E-state index is 12.1. The second-order valence-electron chi connectivity index (χ2n) is 5.03. The molecule has 1 heterocycles. The number of nitrogens with one attached hydrogen (secondary N) is 1. The molecule has 0 aliphatic heterocycles. The largest absolute Gasteiger partial charge is 0.335 e. The molecule has 0 radical (unpaired) electrons. The number of carbonyl (C=O) groups excluding carboxylic acids is 1. The van der Waals surface area contributed by atoms with Crippen molar-refractivity contribution >= 4 is 5.91 Å². The van der Waals surface area contributed by atoms with Gasteiger partial charge in [-0.15, -0.1) is 10.2 Å². The molecule has 6 heteroatoms. The van der Waals surface area contributed by atoms with Crippen LogP contribution in [0.1, 0.15) is 40.4 Å². The number of tetrazole rings is 1. The first-order valence-electron chi connectivity index (χ1n) is 5.37. The van der Waals surface area contributed by atoms with E-state index in [1.165, 1.54) is 0 Å². The number of rotatable bonds is 3. The smallest absolute Gasteiger partial charge is 0.231 e. The summed E-state index contributed by atoms with van der Waals surface area (Å²) in [5.74, 6) is 0.448. The Kier molecular flexibility index (Phi) is 3.62. The van der Waals surface area contributed by atoms with Crippen LogP contribution < -0.4 is 0 Å². The van der Waals surface area contributed by atoms with Crippen LogP contribution in [-0.2, 0) is 11.2 Å². The van der Waals surface area contributed by atoms with Gasteiger partial charge in [-0.3, -0.25) is 4.79 Å². The third-order valence-corrected chi connectivity index (χ3v) is 2.21. The van der Waals surface area contributed by atoms with Crippen LogP contribution >= 0.6 is 0 Å². The number of aromatic nitrogens is 4. The third-order valence-electron chi connectivity index (χ3n) is 2.21. The zero-order chi connectivity index (χ0) is 12.3. The molecule has 0 bridgehead atoms. The van der Waals surface area contributed by atoms with E-state index in [0.29, 0.717) is 5.82 Å². The first kappa shape index (κ1) is 12.6. The molecule has 0 saturated heterocycles. The lowest BCUT2D eigenvalue weighted by Crippen LogP contribution is -2.50. The molecular weight excluding hydrogens is 206 g/mol. The van der Waals surface area contributed by atoms with Crippen molar-refractivity contribution in [3.05, 3.63) is 5.82 Å². The SMILES string of the molecule is CC(C)N(C(=O)Cc1nn[nH]n1)C(C)(C)C. The fourth-order valence-corrected chi connectivity index (χ4v) is 1.91. The van der Waals surface area contributed by atoms with Gasteiger partial charge in [0.05, 0.1) is 6.42 Å². The van der Waals surface area contributed by atoms with E-state index in [9.17, 15) is 4.79 Å². The highest BCUT2D eigenvalue weighted by atomic mass is 16.2. The van der Waals surface area contributed by atoms with Crippen LogP contribution in [0.3, 0.4) is 0 Å².